The van der Waals surface area contributed by atoms with Crippen molar-refractivity contribution in [3.8, 4) is 11.4 Å². The van der Waals surface area contributed by atoms with E-state index in [-0.39, 0.29) is 24.8 Å². The van der Waals surface area contributed by atoms with Gasteiger partial charge in [-0.25, -0.2) is 0 Å². The maximum absolute atomic E-state index is 12.7. The third-order valence-corrected chi connectivity index (χ3v) is 5.04. The molecule has 8 heteroatoms. The normalized spacial score (nSPS) is 17.2. The van der Waals surface area contributed by atoms with Crippen LogP contribution in [0.15, 0.2) is 53.1 Å². The van der Waals surface area contributed by atoms with E-state index in [1.165, 1.54) is 22.6 Å². The number of anilines is 1. The molecule has 150 valence electrons. The third kappa shape index (κ3) is 3.87. The SMILES string of the molecule is CCc1ccc(-c2noc(C3CC(=O)N(c4ccc(C(F)(F)F)cc4)C3)n2)cc1. The molecular weight excluding hydrogens is 383 g/mol. The number of benzene rings is 2. The second-order valence-electron chi connectivity index (χ2n) is 6.96. The summed E-state index contributed by atoms with van der Waals surface area (Å²) in [4.78, 5) is 18.3. The van der Waals surface area contributed by atoms with Gasteiger partial charge in [0.15, 0.2) is 0 Å². The van der Waals surface area contributed by atoms with E-state index in [0.29, 0.717) is 17.4 Å². The fraction of sp³-hybridized carbons (Fsp3) is 0.286. The first-order valence-electron chi connectivity index (χ1n) is 9.25. The molecule has 0 bridgehead atoms. The van der Waals surface area contributed by atoms with Gasteiger partial charge in [-0.2, -0.15) is 18.2 Å². The number of alkyl halides is 3. The lowest BCUT2D eigenvalue weighted by molar-refractivity contribution is -0.137. The van der Waals surface area contributed by atoms with Gasteiger partial charge in [0.05, 0.1) is 11.5 Å². The first kappa shape index (κ1) is 19.2. The summed E-state index contributed by atoms with van der Waals surface area (Å²) in [5.74, 6) is 0.299. The van der Waals surface area contributed by atoms with Crippen molar-refractivity contribution in [1.82, 2.24) is 10.1 Å². The van der Waals surface area contributed by atoms with Crippen LogP contribution in [0.1, 0.15) is 36.3 Å². The highest BCUT2D eigenvalue weighted by Crippen LogP contribution is 2.34. The van der Waals surface area contributed by atoms with Crippen molar-refractivity contribution >= 4 is 11.6 Å². The Bertz CT molecular complexity index is 1010. The summed E-state index contributed by atoms with van der Waals surface area (Å²) >= 11 is 0. The number of aromatic nitrogens is 2. The molecule has 4 rings (SSSR count). The number of carbonyl (C=O) groups excluding carboxylic acids is 1. The summed E-state index contributed by atoms with van der Waals surface area (Å²) in [6.07, 6.45) is -3.31. The van der Waals surface area contributed by atoms with Crippen LogP contribution in [-0.4, -0.2) is 22.6 Å². The number of carbonyl (C=O) groups is 1. The van der Waals surface area contributed by atoms with Crippen LogP contribution in [0, 0.1) is 0 Å². The van der Waals surface area contributed by atoms with E-state index in [1.54, 1.807) is 0 Å². The number of nitrogens with zero attached hydrogens (tertiary/aromatic N) is 3. The van der Waals surface area contributed by atoms with Crippen molar-refractivity contribution in [1.29, 1.82) is 0 Å². The van der Waals surface area contributed by atoms with Crippen molar-refractivity contribution < 1.29 is 22.5 Å². The number of aryl methyl sites for hydroxylation is 1. The van der Waals surface area contributed by atoms with Crippen LogP contribution in [0.3, 0.4) is 0 Å². The highest BCUT2D eigenvalue weighted by molar-refractivity contribution is 5.96. The number of hydrogen-bond donors (Lipinski definition) is 0. The summed E-state index contributed by atoms with van der Waals surface area (Å²) in [5, 5.41) is 4.01. The van der Waals surface area contributed by atoms with Gasteiger partial charge in [0.25, 0.3) is 0 Å². The molecule has 0 N–H and O–H groups in total. The van der Waals surface area contributed by atoms with E-state index in [1.807, 2.05) is 24.3 Å². The van der Waals surface area contributed by atoms with Crippen molar-refractivity contribution in [2.45, 2.75) is 31.9 Å². The Morgan fingerprint density at radius 2 is 1.79 bits per heavy atom. The molecule has 1 aromatic heterocycles. The van der Waals surface area contributed by atoms with Gasteiger partial charge >= 0.3 is 6.18 Å². The number of amides is 1. The molecule has 0 radical (unpaired) electrons. The largest absolute Gasteiger partial charge is 0.416 e. The van der Waals surface area contributed by atoms with Gasteiger partial charge in [-0.05, 0) is 36.2 Å². The fourth-order valence-electron chi connectivity index (χ4n) is 3.36. The van der Waals surface area contributed by atoms with Crippen molar-refractivity contribution in [2.75, 3.05) is 11.4 Å². The summed E-state index contributed by atoms with van der Waals surface area (Å²) in [5.41, 5.74) is 1.69. The van der Waals surface area contributed by atoms with E-state index < -0.39 is 11.7 Å². The van der Waals surface area contributed by atoms with Gasteiger partial charge in [-0.3, -0.25) is 4.79 Å². The van der Waals surface area contributed by atoms with Crippen molar-refractivity contribution in [2.24, 2.45) is 0 Å². The third-order valence-electron chi connectivity index (χ3n) is 5.04. The van der Waals surface area contributed by atoms with Crippen LogP contribution in [-0.2, 0) is 17.4 Å². The first-order chi connectivity index (χ1) is 13.8. The molecule has 1 unspecified atom stereocenters. The van der Waals surface area contributed by atoms with E-state index in [0.717, 1.165) is 24.1 Å². The maximum atomic E-state index is 12.7. The summed E-state index contributed by atoms with van der Waals surface area (Å²) < 4.78 is 43.6. The number of rotatable bonds is 4. The molecule has 29 heavy (non-hydrogen) atoms. The minimum atomic E-state index is -4.41. The average Bonchev–Trinajstić information content (AvgIpc) is 3.34. The molecule has 1 amide bonds. The molecule has 0 aliphatic carbocycles. The van der Waals surface area contributed by atoms with Crippen molar-refractivity contribution in [3.63, 3.8) is 0 Å². The minimum Gasteiger partial charge on any atom is -0.339 e. The second-order valence-corrected chi connectivity index (χ2v) is 6.96. The molecular formula is C21H18F3N3O2. The van der Waals surface area contributed by atoms with Crippen LogP contribution in [0.2, 0.25) is 0 Å². The van der Waals surface area contributed by atoms with Crippen LogP contribution in [0.5, 0.6) is 0 Å². The Hall–Kier alpha value is -3.16. The van der Waals surface area contributed by atoms with Crippen LogP contribution < -0.4 is 4.90 Å². The fourth-order valence-corrected chi connectivity index (χ4v) is 3.36. The van der Waals surface area contributed by atoms with Crippen molar-refractivity contribution in [3.05, 3.63) is 65.5 Å². The topological polar surface area (TPSA) is 59.2 Å². The van der Waals surface area contributed by atoms with Gasteiger partial charge in [0.1, 0.15) is 0 Å². The molecule has 1 atom stereocenters. The zero-order valence-electron chi connectivity index (χ0n) is 15.6. The Morgan fingerprint density at radius 1 is 1.10 bits per heavy atom. The zero-order chi connectivity index (χ0) is 20.6. The summed E-state index contributed by atoms with van der Waals surface area (Å²) in [6.45, 7) is 2.35. The lowest BCUT2D eigenvalue weighted by Gasteiger charge is -2.17. The lowest BCUT2D eigenvalue weighted by atomic mass is 10.1. The highest BCUT2D eigenvalue weighted by Gasteiger charge is 2.36. The Balaban J connectivity index is 1.50. The van der Waals surface area contributed by atoms with Crippen LogP contribution in [0.4, 0.5) is 18.9 Å². The first-order valence-corrected chi connectivity index (χ1v) is 9.25. The molecule has 1 saturated heterocycles. The van der Waals surface area contributed by atoms with E-state index >= 15 is 0 Å². The predicted molar refractivity (Wildman–Crippen MR) is 100 cm³/mol. The van der Waals surface area contributed by atoms with E-state index in [9.17, 15) is 18.0 Å². The Labute approximate surface area is 165 Å². The van der Waals surface area contributed by atoms with Gasteiger partial charge in [-0.1, -0.05) is 36.3 Å². The smallest absolute Gasteiger partial charge is 0.339 e. The van der Waals surface area contributed by atoms with Gasteiger partial charge in [-0.15, -0.1) is 0 Å². The van der Waals surface area contributed by atoms with Gasteiger partial charge in [0, 0.05) is 24.2 Å². The molecule has 0 spiro atoms. The molecule has 2 heterocycles. The van der Waals surface area contributed by atoms with E-state index in [4.69, 9.17) is 4.52 Å². The summed E-state index contributed by atoms with van der Waals surface area (Å²) in [6, 6.07) is 12.4. The standard InChI is InChI=1S/C21H18F3N3O2/c1-2-13-3-5-14(6-4-13)19-25-20(29-26-19)15-11-18(28)27(12-15)17-9-7-16(8-10-17)21(22,23)24/h3-10,15H,2,11-12H2,1H3. The highest BCUT2D eigenvalue weighted by atomic mass is 19.4. The zero-order valence-corrected chi connectivity index (χ0v) is 15.6. The molecule has 0 saturated carbocycles. The van der Waals surface area contributed by atoms with Gasteiger partial charge < -0.3 is 9.42 Å². The minimum absolute atomic E-state index is 0.164. The quantitative estimate of drug-likeness (QED) is 0.628. The molecule has 5 nitrogen and oxygen atoms in total. The van der Waals surface area contributed by atoms with Gasteiger partial charge in [0.2, 0.25) is 17.6 Å². The number of hydrogen-bond acceptors (Lipinski definition) is 4. The Morgan fingerprint density at radius 3 is 2.41 bits per heavy atom. The average molecular weight is 401 g/mol. The van der Waals surface area contributed by atoms with E-state index in [2.05, 4.69) is 17.1 Å². The predicted octanol–water partition coefficient (Wildman–Crippen LogP) is 4.84. The van der Waals surface area contributed by atoms with Crippen LogP contribution >= 0.6 is 0 Å². The molecule has 2 aromatic carbocycles. The molecule has 3 aromatic rings. The molecule has 1 aliphatic rings. The van der Waals surface area contributed by atoms with Crippen LogP contribution in [0.25, 0.3) is 11.4 Å². The second kappa shape index (κ2) is 7.35. The monoisotopic (exact) mass is 401 g/mol. The Kier molecular flexibility index (Phi) is 4.86. The maximum Gasteiger partial charge on any atom is 0.416 e. The molecule has 1 fully saturated rings. The lowest BCUT2D eigenvalue weighted by Crippen LogP contribution is -2.24. The number of halogens is 3. The molecule has 1 aliphatic heterocycles. The summed E-state index contributed by atoms with van der Waals surface area (Å²) in [7, 11) is 0.